The monoisotopic (exact) mass is 456 g/mol. The molecule has 4 rings (SSSR count). The molecule has 2 aliphatic carbocycles. The van der Waals surface area contributed by atoms with Gasteiger partial charge < -0.3 is 10.6 Å². The van der Waals surface area contributed by atoms with Crippen molar-refractivity contribution in [2.75, 3.05) is 10.6 Å². The smallest absolute Gasteiger partial charge is 0.221 e. The summed E-state index contributed by atoms with van der Waals surface area (Å²) < 4.78 is 0.834. The van der Waals surface area contributed by atoms with Gasteiger partial charge in [-0.05, 0) is 70.2 Å². The average Bonchev–Trinajstić information content (AvgIpc) is 3.21. The number of aryl methyl sites for hydroxylation is 1. The summed E-state index contributed by atoms with van der Waals surface area (Å²) in [6.45, 7) is 2.93. The van der Waals surface area contributed by atoms with Gasteiger partial charge in [0.25, 0.3) is 0 Å². The standard InChI is InChI=1S/C11H10BrNO2.C11H11NO2/c1-6(14)13-9-4-2-7-8(11(9)12)3-5-10(7)15;1-7(13)12-9-3-4-10-8(6-9)2-5-11(10)14/h2,4H,3,5H2,1H3,(H,13,14);3-4,6H,2,5H2,1H3,(H,12,13). The fourth-order valence-corrected chi connectivity index (χ4v) is 4.17. The number of nitrogens with one attached hydrogen (secondary N) is 2. The number of carbonyl (C=O) groups is 4. The molecule has 150 valence electrons. The lowest BCUT2D eigenvalue weighted by Gasteiger charge is -2.08. The molecule has 29 heavy (non-hydrogen) atoms. The minimum atomic E-state index is -0.111. The van der Waals surface area contributed by atoms with Gasteiger partial charge in [-0.15, -0.1) is 0 Å². The van der Waals surface area contributed by atoms with Crippen molar-refractivity contribution in [3.8, 4) is 0 Å². The number of ketones is 2. The van der Waals surface area contributed by atoms with E-state index in [9.17, 15) is 19.2 Å². The molecule has 6 nitrogen and oxygen atoms in total. The van der Waals surface area contributed by atoms with Crippen molar-refractivity contribution in [2.45, 2.75) is 39.5 Å². The molecule has 7 heteroatoms. The first-order valence-corrected chi connectivity index (χ1v) is 10.1. The Kier molecular flexibility index (Phi) is 6.27. The third-order valence-corrected chi connectivity index (χ3v) is 5.71. The Morgan fingerprint density at radius 2 is 1.45 bits per heavy atom. The molecular formula is C22H21BrN2O4. The summed E-state index contributed by atoms with van der Waals surface area (Å²) in [5.74, 6) is 0.184. The summed E-state index contributed by atoms with van der Waals surface area (Å²) in [4.78, 5) is 44.5. The molecule has 2 aromatic carbocycles. The summed E-state index contributed by atoms with van der Waals surface area (Å²) in [5, 5.41) is 5.42. The molecule has 2 aromatic rings. The van der Waals surface area contributed by atoms with Gasteiger partial charge in [0, 0.05) is 48.0 Å². The Bertz CT molecular complexity index is 1030. The van der Waals surface area contributed by atoms with E-state index in [4.69, 9.17) is 0 Å². The van der Waals surface area contributed by atoms with Gasteiger partial charge in [0.1, 0.15) is 0 Å². The fourth-order valence-electron chi connectivity index (χ4n) is 3.52. The number of benzene rings is 2. The molecule has 0 aromatic heterocycles. The maximum Gasteiger partial charge on any atom is 0.221 e. The number of rotatable bonds is 2. The van der Waals surface area contributed by atoms with Gasteiger partial charge in [0.15, 0.2) is 11.6 Å². The van der Waals surface area contributed by atoms with Crippen LogP contribution in [0.3, 0.4) is 0 Å². The van der Waals surface area contributed by atoms with Crippen LogP contribution in [-0.4, -0.2) is 23.4 Å². The summed E-state index contributed by atoms with van der Waals surface area (Å²) in [5.41, 5.74) is 5.13. The Morgan fingerprint density at radius 3 is 2.14 bits per heavy atom. The third-order valence-electron chi connectivity index (χ3n) is 4.80. The van der Waals surface area contributed by atoms with Crippen LogP contribution in [0.5, 0.6) is 0 Å². The van der Waals surface area contributed by atoms with E-state index >= 15 is 0 Å². The molecule has 2 N–H and O–H groups in total. The lowest BCUT2D eigenvalue weighted by molar-refractivity contribution is -0.115. The van der Waals surface area contributed by atoms with Crippen molar-refractivity contribution < 1.29 is 19.2 Å². The van der Waals surface area contributed by atoms with Crippen LogP contribution in [0.25, 0.3) is 0 Å². The number of hydrogen-bond donors (Lipinski definition) is 2. The number of carbonyl (C=O) groups excluding carboxylic acids is 4. The summed E-state index contributed by atoms with van der Waals surface area (Å²) in [6.07, 6.45) is 2.71. The van der Waals surface area contributed by atoms with Crippen LogP contribution in [0.2, 0.25) is 0 Å². The van der Waals surface area contributed by atoms with Crippen LogP contribution < -0.4 is 10.6 Å². The molecule has 0 saturated heterocycles. The molecule has 0 spiro atoms. The minimum absolute atomic E-state index is 0.0886. The first-order chi connectivity index (χ1) is 13.8. The second-order valence-corrected chi connectivity index (χ2v) is 7.83. The van der Waals surface area contributed by atoms with E-state index in [2.05, 4.69) is 26.6 Å². The minimum Gasteiger partial charge on any atom is -0.326 e. The summed E-state index contributed by atoms with van der Waals surface area (Å²) in [6, 6.07) is 8.97. The van der Waals surface area contributed by atoms with Crippen LogP contribution in [0.4, 0.5) is 11.4 Å². The lowest BCUT2D eigenvalue weighted by Crippen LogP contribution is -2.07. The largest absolute Gasteiger partial charge is 0.326 e. The maximum absolute atomic E-state index is 11.4. The normalized spacial score (nSPS) is 13.9. The molecule has 0 unspecified atom stereocenters. The number of halogens is 1. The van der Waals surface area contributed by atoms with Crippen LogP contribution >= 0.6 is 15.9 Å². The van der Waals surface area contributed by atoms with Gasteiger partial charge >= 0.3 is 0 Å². The quantitative estimate of drug-likeness (QED) is 0.703. The predicted molar refractivity (Wildman–Crippen MR) is 114 cm³/mol. The SMILES string of the molecule is CC(=O)Nc1ccc2c(c1)CCC2=O.CC(=O)Nc1ccc2c(c1Br)CCC2=O. The number of hydrogen-bond acceptors (Lipinski definition) is 4. The Morgan fingerprint density at radius 1 is 0.828 bits per heavy atom. The topological polar surface area (TPSA) is 92.3 Å². The van der Waals surface area contributed by atoms with E-state index in [1.54, 1.807) is 24.3 Å². The van der Waals surface area contributed by atoms with Crippen molar-refractivity contribution in [1.29, 1.82) is 0 Å². The van der Waals surface area contributed by atoms with Crippen molar-refractivity contribution in [1.82, 2.24) is 0 Å². The zero-order valence-corrected chi connectivity index (χ0v) is 17.8. The maximum atomic E-state index is 11.4. The molecular weight excluding hydrogens is 436 g/mol. The van der Waals surface area contributed by atoms with Crippen molar-refractivity contribution in [3.05, 3.63) is 57.1 Å². The Labute approximate surface area is 177 Å². The first-order valence-electron chi connectivity index (χ1n) is 9.32. The van der Waals surface area contributed by atoms with Gasteiger partial charge in [-0.25, -0.2) is 0 Å². The molecule has 0 fully saturated rings. The van der Waals surface area contributed by atoms with Crippen molar-refractivity contribution >= 4 is 50.7 Å². The van der Waals surface area contributed by atoms with E-state index in [1.807, 2.05) is 6.07 Å². The number of amides is 2. The molecule has 0 aliphatic heterocycles. The highest BCUT2D eigenvalue weighted by molar-refractivity contribution is 9.10. The lowest BCUT2D eigenvalue weighted by atomic mass is 10.1. The zero-order chi connectivity index (χ0) is 21.1. The highest BCUT2D eigenvalue weighted by atomic mass is 79.9. The van der Waals surface area contributed by atoms with E-state index in [0.717, 1.165) is 50.9 Å². The fraction of sp³-hybridized carbons (Fsp3) is 0.273. The van der Waals surface area contributed by atoms with Gasteiger partial charge in [0.2, 0.25) is 11.8 Å². The number of fused-ring (bicyclic) bond motifs is 2. The zero-order valence-electron chi connectivity index (χ0n) is 16.2. The van der Waals surface area contributed by atoms with E-state index in [1.165, 1.54) is 13.8 Å². The second-order valence-electron chi connectivity index (χ2n) is 7.03. The van der Waals surface area contributed by atoms with Crippen LogP contribution in [0.1, 0.15) is 58.5 Å². The van der Waals surface area contributed by atoms with E-state index in [-0.39, 0.29) is 23.4 Å². The molecule has 2 amide bonds. The van der Waals surface area contributed by atoms with Gasteiger partial charge in [-0.3, -0.25) is 19.2 Å². The van der Waals surface area contributed by atoms with Gasteiger partial charge in [-0.2, -0.15) is 0 Å². The van der Waals surface area contributed by atoms with Crippen LogP contribution in [-0.2, 0) is 22.4 Å². The molecule has 0 radical (unpaired) electrons. The molecule has 0 heterocycles. The Hall–Kier alpha value is -2.80. The van der Waals surface area contributed by atoms with E-state index < -0.39 is 0 Å². The Balaban J connectivity index is 0.000000166. The first kappa shape index (κ1) is 20.9. The van der Waals surface area contributed by atoms with Crippen molar-refractivity contribution in [3.63, 3.8) is 0 Å². The van der Waals surface area contributed by atoms with Crippen LogP contribution in [0.15, 0.2) is 34.8 Å². The summed E-state index contributed by atoms with van der Waals surface area (Å²) in [7, 11) is 0. The molecule has 0 bridgehead atoms. The highest BCUT2D eigenvalue weighted by Crippen LogP contribution is 2.34. The van der Waals surface area contributed by atoms with E-state index in [0.29, 0.717) is 12.8 Å². The van der Waals surface area contributed by atoms with Crippen molar-refractivity contribution in [2.24, 2.45) is 0 Å². The number of Topliss-reactive ketones (excluding diaryl/α,β-unsaturated/α-hetero) is 2. The molecule has 0 saturated carbocycles. The predicted octanol–water partition coefficient (Wildman–Crippen LogP) is 4.31. The van der Waals surface area contributed by atoms with Gasteiger partial charge in [0.05, 0.1) is 5.69 Å². The second kappa shape index (κ2) is 8.69. The van der Waals surface area contributed by atoms with Gasteiger partial charge in [-0.1, -0.05) is 0 Å². The molecule has 0 atom stereocenters. The van der Waals surface area contributed by atoms with Crippen LogP contribution in [0, 0.1) is 0 Å². The third kappa shape index (κ3) is 4.79. The molecule has 2 aliphatic rings. The number of anilines is 2. The highest BCUT2D eigenvalue weighted by Gasteiger charge is 2.23. The average molecular weight is 457 g/mol. The summed E-state index contributed by atoms with van der Waals surface area (Å²) >= 11 is 3.42.